The molecule has 1 saturated carbocycles. The van der Waals surface area contributed by atoms with Crippen LogP contribution in [0.25, 0.3) is 0 Å². The number of hydrogen-bond donors (Lipinski definition) is 2. The monoisotopic (exact) mass is 361 g/mol. The first kappa shape index (κ1) is 18.3. The summed E-state index contributed by atoms with van der Waals surface area (Å²) in [7, 11) is 0. The number of anilines is 1. The summed E-state index contributed by atoms with van der Waals surface area (Å²) in [5.74, 6) is -0.450. The Labute approximate surface area is 153 Å². The molecule has 0 spiro atoms. The SMILES string of the molecule is Cc1ccc(N2C(=O)C(CC(N)=O)SC2NC2CCCCC2)c(C)c1. The Hall–Kier alpha value is -1.53. The molecule has 0 aromatic heterocycles. The lowest BCUT2D eigenvalue weighted by molar-refractivity contribution is -0.122. The molecular formula is C19H27N3O2S. The van der Waals surface area contributed by atoms with Gasteiger partial charge in [-0.15, -0.1) is 11.8 Å². The third-order valence-electron chi connectivity index (χ3n) is 5.02. The minimum absolute atomic E-state index is 0.0240. The van der Waals surface area contributed by atoms with E-state index in [2.05, 4.69) is 11.4 Å². The zero-order valence-corrected chi connectivity index (χ0v) is 15.8. The number of nitrogens with one attached hydrogen (secondary N) is 1. The molecule has 1 aromatic carbocycles. The highest BCUT2D eigenvalue weighted by molar-refractivity contribution is 8.01. The summed E-state index contributed by atoms with van der Waals surface area (Å²) < 4.78 is 0. The number of amides is 2. The molecule has 2 atom stereocenters. The van der Waals surface area contributed by atoms with E-state index in [9.17, 15) is 9.59 Å². The maximum absolute atomic E-state index is 13.0. The van der Waals surface area contributed by atoms with Gasteiger partial charge in [0.2, 0.25) is 11.8 Å². The molecule has 3 rings (SSSR count). The number of carbonyl (C=O) groups excluding carboxylic acids is 2. The van der Waals surface area contributed by atoms with Crippen LogP contribution in [0.5, 0.6) is 0 Å². The Balaban J connectivity index is 1.86. The molecule has 1 heterocycles. The quantitative estimate of drug-likeness (QED) is 0.846. The van der Waals surface area contributed by atoms with Gasteiger partial charge < -0.3 is 5.73 Å². The highest BCUT2D eigenvalue weighted by Gasteiger charge is 2.43. The van der Waals surface area contributed by atoms with Gasteiger partial charge in [-0.25, -0.2) is 0 Å². The molecule has 2 aliphatic rings. The van der Waals surface area contributed by atoms with E-state index in [4.69, 9.17) is 5.73 Å². The lowest BCUT2D eigenvalue weighted by Gasteiger charge is -2.31. The lowest BCUT2D eigenvalue weighted by atomic mass is 9.96. The molecule has 2 unspecified atom stereocenters. The van der Waals surface area contributed by atoms with Crippen molar-refractivity contribution in [2.45, 2.75) is 69.2 Å². The van der Waals surface area contributed by atoms with Gasteiger partial charge in [-0.2, -0.15) is 0 Å². The lowest BCUT2D eigenvalue weighted by Crippen LogP contribution is -2.47. The van der Waals surface area contributed by atoms with E-state index < -0.39 is 11.2 Å². The first-order chi connectivity index (χ1) is 12.0. The second-order valence-electron chi connectivity index (χ2n) is 7.15. The zero-order chi connectivity index (χ0) is 18.0. The van der Waals surface area contributed by atoms with Crippen LogP contribution < -0.4 is 16.0 Å². The van der Waals surface area contributed by atoms with E-state index in [0.29, 0.717) is 6.04 Å². The van der Waals surface area contributed by atoms with Crippen LogP contribution in [0.2, 0.25) is 0 Å². The fourth-order valence-corrected chi connectivity index (χ4v) is 5.18. The van der Waals surface area contributed by atoms with Crippen LogP contribution in [0.15, 0.2) is 18.2 Å². The number of primary amides is 1. The van der Waals surface area contributed by atoms with Gasteiger partial charge >= 0.3 is 0 Å². The topological polar surface area (TPSA) is 75.4 Å². The molecule has 3 N–H and O–H groups in total. The van der Waals surface area contributed by atoms with Gasteiger partial charge in [0.05, 0.1) is 5.25 Å². The molecule has 2 fully saturated rings. The first-order valence-electron chi connectivity index (χ1n) is 9.06. The van der Waals surface area contributed by atoms with Crippen molar-refractivity contribution in [3.63, 3.8) is 0 Å². The van der Waals surface area contributed by atoms with Gasteiger partial charge in [0.25, 0.3) is 0 Å². The van der Waals surface area contributed by atoms with Crippen molar-refractivity contribution in [2.24, 2.45) is 5.73 Å². The van der Waals surface area contributed by atoms with Crippen molar-refractivity contribution >= 4 is 29.3 Å². The Kier molecular flexibility index (Phi) is 5.69. The van der Waals surface area contributed by atoms with E-state index >= 15 is 0 Å². The minimum atomic E-state index is -0.426. The number of hydrogen-bond acceptors (Lipinski definition) is 4. The van der Waals surface area contributed by atoms with Crippen molar-refractivity contribution in [3.8, 4) is 0 Å². The molecule has 1 saturated heterocycles. The summed E-state index contributed by atoms with van der Waals surface area (Å²) >= 11 is 1.52. The van der Waals surface area contributed by atoms with Crippen LogP contribution in [-0.2, 0) is 9.59 Å². The van der Waals surface area contributed by atoms with Crippen molar-refractivity contribution in [1.29, 1.82) is 0 Å². The molecule has 5 nitrogen and oxygen atoms in total. The molecule has 1 aliphatic carbocycles. The van der Waals surface area contributed by atoms with Crippen LogP contribution >= 0.6 is 11.8 Å². The summed E-state index contributed by atoms with van der Waals surface area (Å²) in [6.07, 6.45) is 6.14. The maximum atomic E-state index is 13.0. The van der Waals surface area contributed by atoms with Crippen LogP contribution in [0.1, 0.15) is 49.7 Å². The number of nitrogens with two attached hydrogens (primary N) is 1. The predicted octanol–water partition coefficient (Wildman–Crippen LogP) is 2.83. The van der Waals surface area contributed by atoms with E-state index in [1.165, 1.54) is 36.6 Å². The van der Waals surface area contributed by atoms with Gasteiger partial charge in [-0.05, 0) is 38.3 Å². The maximum Gasteiger partial charge on any atom is 0.242 e. The Morgan fingerprint density at radius 3 is 2.64 bits per heavy atom. The molecular weight excluding hydrogens is 334 g/mol. The van der Waals surface area contributed by atoms with Gasteiger partial charge in [-0.1, -0.05) is 37.0 Å². The summed E-state index contributed by atoms with van der Waals surface area (Å²) in [5, 5.41) is 3.25. The van der Waals surface area contributed by atoms with E-state index in [1.54, 1.807) is 0 Å². The van der Waals surface area contributed by atoms with Crippen molar-refractivity contribution in [1.82, 2.24) is 5.32 Å². The summed E-state index contributed by atoms with van der Waals surface area (Å²) in [5.41, 5.74) is 8.38. The number of rotatable bonds is 5. The Morgan fingerprint density at radius 2 is 2.00 bits per heavy atom. The number of nitrogens with zero attached hydrogens (tertiary/aromatic N) is 1. The van der Waals surface area contributed by atoms with Crippen LogP contribution in [-0.4, -0.2) is 28.6 Å². The van der Waals surface area contributed by atoms with Crippen molar-refractivity contribution in [2.75, 3.05) is 4.90 Å². The molecule has 1 aromatic rings. The molecule has 1 aliphatic heterocycles. The van der Waals surface area contributed by atoms with Crippen LogP contribution in [0.3, 0.4) is 0 Å². The number of carbonyl (C=O) groups is 2. The summed E-state index contributed by atoms with van der Waals surface area (Å²) in [6.45, 7) is 4.07. The number of thioether (sulfide) groups is 1. The fraction of sp³-hybridized carbons (Fsp3) is 0.579. The van der Waals surface area contributed by atoms with Gasteiger partial charge in [-0.3, -0.25) is 19.8 Å². The first-order valence-corrected chi connectivity index (χ1v) is 10.00. The average molecular weight is 362 g/mol. The highest BCUT2D eigenvalue weighted by atomic mass is 32.2. The second-order valence-corrected chi connectivity index (χ2v) is 8.44. The van der Waals surface area contributed by atoms with E-state index in [1.807, 2.05) is 30.9 Å². The smallest absolute Gasteiger partial charge is 0.242 e. The Morgan fingerprint density at radius 1 is 1.28 bits per heavy atom. The Bertz CT molecular complexity index is 658. The molecule has 0 bridgehead atoms. The van der Waals surface area contributed by atoms with Crippen molar-refractivity contribution < 1.29 is 9.59 Å². The minimum Gasteiger partial charge on any atom is -0.370 e. The molecule has 0 radical (unpaired) electrons. The molecule has 25 heavy (non-hydrogen) atoms. The molecule has 6 heteroatoms. The number of aryl methyl sites for hydroxylation is 2. The van der Waals surface area contributed by atoms with Gasteiger partial charge in [0.1, 0.15) is 5.50 Å². The van der Waals surface area contributed by atoms with Crippen LogP contribution in [0, 0.1) is 13.8 Å². The van der Waals surface area contributed by atoms with Crippen molar-refractivity contribution in [3.05, 3.63) is 29.3 Å². The third kappa shape index (κ3) is 4.18. The predicted molar refractivity (Wildman–Crippen MR) is 102 cm³/mol. The summed E-state index contributed by atoms with van der Waals surface area (Å²) in [6, 6.07) is 6.55. The third-order valence-corrected chi connectivity index (χ3v) is 6.32. The zero-order valence-electron chi connectivity index (χ0n) is 15.0. The molecule has 2 amide bonds. The van der Waals surface area contributed by atoms with Gasteiger partial charge in [0.15, 0.2) is 0 Å². The highest BCUT2D eigenvalue weighted by Crippen LogP contribution is 2.38. The van der Waals surface area contributed by atoms with Gasteiger partial charge in [0, 0.05) is 18.2 Å². The van der Waals surface area contributed by atoms with Crippen LogP contribution in [0.4, 0.5) is 5.69 Å². The largest absolute Gasteiger partial charge is 0.370 e. The average Bonchev–Trinajstić information content (AvgIpc) is 2.84. The standard InChI is InChI=1S/C19H27N3O2S/c1-12-8-9-15(13(2)10-12)22-18(24)16(11-17(20)23)25-19(22)21-14-6-4-3-5-7-14/h8-10,14,16,19,21H,3-7,11H2,1-2H3,(H2,20,23). The molecule has 136 valence electrons. The number of benzene rings is 1. The fourth-order valence-electron chi connectivity index (χ4n) is 3.77. The second kappa shape index (κ2) is 7.79. The van der Waals surface area contributed by atoms with E-state index in [0.717, 1.165) is 24.1 Å². The summed E-state index contributed by atoms with van der Waals surface area (Å²) in [4.78, 5) is 26.2. The van der Waals surface area contributed by atoms with E-state index in [-0.39, 0.29) is 17.8 Å². The normalized spacial score (nSPS) is 24.7.